The summed E-state index contributed by atoms with van der Waals surface area (Å²) in [5.41, 5.74) is 2.11. The normalized spacial score (nSPS) is 22.9. The predicted molar refractivity (Wildman–Crippen MR) is 70.6 cm³/mol. The van der Waals surface area contributed by atoms with Crippen LogP contribution in [0.15, 0.2) is 30.3 Å². The second-order valence-corrected chi connectivity index (χ2v) is 6.20. The van der Waals surface area contributed by atoms with Crippen LogP contribution < -0.4 is 0 Å². The van der Waals surface area contributed by atoms with Gasteiger partial charge in [-0.15, -0.1) is 0 Å². The summed E-state index contributed by atoms with van der Waals surface area (Å²) < 4.78 is 0. The van der Waals surface area contributed by atoms with E-state index in [-0.39, 0.29) is 0 Å². The van der Waals surface area contributed by atoms with Crippen LogP contribution >= 0.6 is 0 Å². The van der Waals surface area contributed by atoms with Crippen LogP contribution in [-0.4, -0.2) is 0 Å². The summed E-state index contributed by atoms with van der Waals surface area (Å²) in [4.78, 5) is 0. The second kappa shape index (κ2) is 4.61. The van der Waals surface area contributed by atoms with E-state index in [1.807, 2.05) is 0 Å². The third kappa shape index (κ3) is 2.66. The standard InChI is InChI=1S/C16H24/c1-13(14-7-5-4-6-8-14)15-9-11-16(2,3)12-10-15/h4-8,13,15H,9-12H2,1-3H3. The molecule has 0 nitrogen and oxygen atoms in total. The topological polar surface area (TPSA) is 0 Å². The Bertz CT molecular complexity index is 313. The van der Waals surface area contributed by atoms with E-state index in [0.29, 0.717) is 5.41 Å². The van der Waals surface area contributed by atoms with E-state index in [1.54, 1.807) is 0 Å². The van der Waals surface area contributed by atoms with Gasteiger partial charge in [0.2, 0.25) is 0 Å². The molecule has 0 bridgehead atoms. The Morgan fingerprint density at radius 3 is 2.19 bits per heavy atom. The van der Waals surface area contributed by atoms with Crippen molar-refractivity contribution in [3.63, 3.8) is 0 Å². The second-order valence-electron chi connectivity index (χ2n) is 6.20. The van der Waals surface area contributed by atoms with Gasteiger partial charge in [0.1, 0.15) is 0 Å². The van der Waals surface area contributed by atoms with Crippen molar-refractivity contribution < 1.29 is 0 Å². The summed E-state index contributed by atoms with van der Waals surface area (Å²) in [6, 6.07) is 11.0. The van der Waals surface area contributed by atoms with E-state index < -0.39 is 0 Å². The highest BCUT2D eigenvalue weighted by molar-refractivity contribution is 5.19. The molecular weight excluding hydrogens is 192 g/mol. The molecule has 0 N–H and O–H groups in total. The number of benzene rings is 1. The van der Waals surface area contributed by atoms with Crippen LogP contribution in [0.2, 0.25) is 0 Å². The lowest BCUT2D eigenvalue weighted by Crippen LogP contribution is -2.24. The molecule has 0 amide bonds. The number of hydrogen-bond donors (Lipinski definition) is 0. The van der Waals surface area contributed by atoms with Crippen LogP contribution in [0.4, 0.5) is 0 Å². The smallest absolute Gasteiger partial charge is 0.0162 e. The molecule has 2 rings (SSSR count). The fourth-order valence-corrected chi connectivity index (χ4v) is 2.95. The maximum atomic E-state index is 2.41. The van der Waals surface area contributed by atoms with Gasteiger partial charge in [-0.1, -0.05) is 51.1 Å². The van der Waals surface area contributed by atoms with E-state index in [2.05, 4.69) is 51.1 Å². The van der Waals surface area contributed by atoms with Crippen LogP contribution in [0.3, 0.4) is 0 Å². The first-order valence-corrected chi connectivity index (χ1v) is 6.63. The van der Waals surface area contributed by atoms with Gasteiger partial charge in [0, 0.05) is 0 Å². The molecule has 88 valence electrons. The first-order valence-electron chi connectivity index (χ1n) is 6.63. The SMILES string of the molecule is CC(c1ccccc1)C1CCC(C)(C)CC1. The zero-order valence-corrected chi connectivity index (χ0v) is 10.9. The molecule has 1 unspecified atom stereocenters. The Labute approximate surface area is 100 Å². The zero-order chi connectivity index (χ0) is 11.6. The fourth-order valence-electron chi connectivity index (χ4n) is 2.95. The lowest BCUT2D eigenvalue weighted by Gasteiger charge is -2.37. The van der Waals surface area contributed by atoms with Gasteiger partial charge in [0.15, 0.2) is 0 Å². The average molecular weight is 216 g/mol. The minimum absolute atomic E-state index is 0.590. The lowest BCUT2D eigenvalue weighted by molar-refractivity contribution is 0.176. The zero-order valence-electron chi connectivity index (χ0n) is 10.9. The minimum Gasteiger partial charge on any atom is -0.0622 e. The summed E-state index contributed by atoms with van der Waals surface area (Å²) in [5, 5.41) is 0. The number of rotatable bonds is 2. The van der Waals surface area contributed by atoms with E-state index in [0.717, 1.165) is 11.8 Å². The Morgan fingerprint density at radius 2 is 1.62 bits per heavy atom. The van der Waals surface area contributed by atoms with Crippen molar-refractivity contribution in [3.8, 4) is 0 Å². The molecule has 0 heterocycles. The summed E-state index contributed by atoms with van der Waals surface area (Å²) in [7, 11) is 0. The first kappa shape index (κ1) is 11.7. The van der Waals surface area contributed by atoms with Crippen molar-refractivity contribution in [2.75, 3.05) is 0 Å². The number of hydrogen-bond acceptors (Lipinski definition) is 0. The maximum absolute atomic E-state index is 2.41. The summed E-state index contributed by atoms with van der Waals surface area (Å²) in [6.45, 7) is 7.23. The van der Waals surface area contributed by atoms with E-state index >= 15 is 0 Å². The predicted octanol–water partition coefficient (Wildman–Crippen LogP) is 5.01. The third-order valence-electron chi connectivity index (χ3n) is 4.42. The molecule has 0 saturated heterocycles. The molecule has 1 atom stereocenters. The molecule has 1 saturated carbocycles. The van der Waals surface area contributed by atoms with E-state index in [1.165, 1.54) is 31.2 Å². The molecular formula is C16H24. The minimum atomic E-state index is 0.590. The Hall–Kier alpha value is -0.780. The molecule has 16 heavy (non-hydrogen) atoms. The molecule has 0 aromatic heterocycles. The monoisotopic (exact) mass is 216 g/mol. The Balaban J connectivity index is 2.00. The van der Waals surface area contributed by atoms with Gasteiger partial charge in [-0.2, -0.15) is 0 Å². The van der Waals surface area contributed by atoms with E-state index in [9.17, 15) is 0 Å². The summed E-state index contributed by atoms with van der Waals surface area (Å²) >= 11 is 0. The molecule has 1 aliphatic rings. The van der Waals surface area contributed by atoms with Crippen molar-refractivity contribution in [2.45, 2.75) is 52.4 Å². The van der Waals surface area contributed by atoms with Gasteiger partial charge in [-0.05, 0) is 48.5 Å². The van der Waals surface area contributed by atoms with Crippen LogP contribution in [0.25, 0.3) is 0 Å². The molecule has 0 radical (unpaired) electrons. The van der Waals surface area contributed by atoms with Crippen molar-refractivity contribution in [1.82, 2.24) is 0 Å². The van der Waals surface area contributed by atoms with Crippen molar-refractivity contribution in [2.24, 2.45) is 11.3 Å². The van der Waals surface area contributed by atoms with Crippen LogP contribution in [0.1, 0.15) is 57.9 Å². The molecule has 0 aliphatic heterocycles. The highest BCUT2D eigenvalue weighted by atomic mass is 14.3. The highest BCUT2D eigenvalue weighted by Gasteiger charge is 2.29. The first-order chi connectivity index (χ1) is 7.58. The molecule has 0 spiro atoms. The largest absolute Gasteiger partial charge is 0.0622 e. The van der Waals surface area contributed by atoms with Gasteiger partial charge >= 0.3 is 0 Å². The Kier molecular flexibility index (Phi) is 3.37. The Morgan fingerprint density at radius 1 is 1.06 bits per heavy atom. The molecule has 1 aromatic rings. The van der Waals surface area contributed by atoms with Crippen LogP contribution in [-0.2, 0) is 0 Å². The molecule has 0 heteroatoms. The average Bonchev–Trinajstić information content (AvgIpc) is 2.29. The van der Waals surface area contributed by atoms with Gasteiger partial charge in [-0.3, -0.25) is 0 Å². The molecule has 1 aliphatic carbocycles. The third-order valence-corrected chi connectivity index (χ3v) is 4.42. The summed E-state index contributed by atoms with van der Waals surface area (Å²) in [5.74, 6) is 1.63. The molecule has 1 fully saturated rings. The van der Waals surface area contributed by atoms with Crippen LogP contribution in [0, 0.1) is 11.3 Å². The molecule has 1 aromatic carbocycles. The maximum Gasteiger partial charge on any atom is -0.0162 e. The van der Waals surface area contributed by atoms with Crippen LogP contribution in [0.5, 0.6) is 0 Å². The van der Waals surface area contributed by atoms with Crippen molar-refractivity contribution >= 4 is 0 Å². The van der Waals surface area contributed by atoms with E-state index in [4.69, 9.17) is 0 Å². The van der Waals surface area contributed by atoms with Gasteiger partial charge < -0.3 is 0 Å². The van der Waals surface area contributed by atoms with Crippen molar-refractivity contribution in [1.29, 1.82) is 0 Å². The van der Waals surface area contributed by atoms with Crippen molar-refractivity contribution in [3.05, 3.63) is 35.9 Å². The highest BCUT2D eigenvalue weighted by Crippen LogP contribution is 2.43. The van der Waals surface area contributed by atoms with Gasteiger partial charge in [0.25, 0.3) is 0 Å². The lowest BCUT2D eigenvalue weighted by atomic mass is 9.69. The fraction of sp³-hybridized carbons (Fsp3) is 0.625. The van der Waals surface area contributed by atoms with Gasteiger partial charge in [0.05, 0.1) is 0 Å². The van der Waals surface area contributed by atoms with Gasteiger partial charge in [-0.25, -0.2) is 0 Å². The summed E-state index contributed by atoms with van der Waals surface area (Å²) in [6.07, 6.45) is 5.61. The quantitative estimate of drug-likeness (QED) is 0.652.